The summed E-state index contributed by atoms with van der Waals surface area (Å²) < 4.78 is 26.3. The van der Waals surface area contributed by atoms with Crippen LogP contribution in [0.2, 0.25) is 0 Å². The van der Waals surface area contributed by atoms with Crippen molar-refractivity contribution in [1.82, 2.24) is 0 Å². The van der Waals surface area contributed by atoms with E-state index >= 15 is 0 Å². The van der Waals surface area contributed by atoms with E-state index in [4.69, 9.17) is 19.3 Å². The van der Waals surface area contributed by atoms with Crippen LogP contribution in [0.5, 0.6) is 0 Å². The van der Waals surface area contributed by atoms with Crippen molar-refractivity contribution >= 4 is 19.8 Å². The molecule has 0 saturated carbocycles. The van der Waals surface area contributed by atoms with Gasteiger partial charge in [-0.25, -0.2) is 4.57 Å². The fraction of sp³-hybridized carbons (Fsp3) is 0.787. The summed E-state index contributed by atoms with van der Waals surface area (Å²) in [6.07, 6.45) is 48.7. The highest BCUT2D eigenvalue weighted by Crippen LogP contribution is 2.36. The summed E-state index contributed by atoms with van der Waals surface area (Å²) in [5.74, 6) is -1.08. The van der Waals surface area contributed by atoms with Gasteiger partial charge in [-0.15, -0.1) is 0 Å². The smallest absolute Gasteiger partial charge is 0.462 e. The summed E-state index contributed by atoms with van der Waals surface area (Å²) in [4.78, 5) is 43.0. The van der Waals surface area contributed by atoms with Crippen LogP contribution in [0.4, 0.5) is 0 Å². The second kappa shape index (κ2) is 42.1. The number of hydrogen-bond acceptors (Lipinski definition) is 7. The number of unbranched alkanes of at least 4 members (excludes halogenated alkanes) is 23. The second-order valence-electron chi connectivity index (χ2n) is 15.6. The van der Waals surface area contributed by atoms with Gasteiger partial charge >= 0.3 is 19.8 Å². The van der Waals surface area contributed by atoms with Crippen molar-refractivity contribution in [3.05, 3.63) is 48.6 Å². The summed E-state index contributed by atoms with van der Waals surface area (Å²) >= 11 is 0. The maximum atomic E-state index is 12.4. The fourth-order valence-corrected chi connectivity index (χ4v) is 6.80. The molecule has 0 aromatic carbocycles. The molecule has 0 aromatic rings. The van der Waals surface area contributed by atoms with Gasteiger partial charge in [-0.05, 0) is 64.2 Å². The Morgan fingerprint density at radius 2 is 1.00 bits per heavy atom. The summed E-state index contributed by atoms with van der Waals surface area (Å²) in [6.45, 7) is 3.53. The van der Waals surface area contributed by atoms with Gasteiger partial charge in [0.1, 0.15) is 6.61 Å². The number of phosphoric acid groups is 1. The SMILES string of the molecule is CCCCCCCC/C=C\CCCCCCCCCCCCCC(=O)O[C@H](COC(=O)CCCC(O)/C=C/C=C/C/C=C/CCCCCCCC)COP(=O)(O)O. The fourth-order valence-electron chi connectivity index (χ4n) is 6.44. The third-order valence-corrected chi connectivity index (χ3v) is 10.4. The van der Waals surface area contributed by atoms with Crippen molar-refractivity contribution in [2.24, 2.45) is 0 Å². The summed E-state index contributed by atoms with van der Waals surface area (Å²) in [6, 6.07) is 0. The van der Waals surface area contributed by atoms with E-state index in [2.05, 4.69) is 42.7 Å². The van der Waals surface area contributed by atoms with Gasteiger partial charge in [0.2, 0.25) is 0 Å². The van der Waals surface area contributed by atoms with Crippen LogP contribution in [0.25, 0.3) is 0 Å². The van der Waals surface area contributed by atoms with E-state index in [0.29, 0.717) is 19.3 Å². The highest BCUT2D eigenvalue weighted by Gasteiger charge is 2.23. The Bertz CT molecular complexity index is 1080. The molecule has 1 unspecified atom stereocenters. The van der Waals surface area contributed by atoms with Gasteiger partial charge in [0.05, 0.1) is 12.7 Å². The van der Waals surface area contributed by atoms with Crippen LogP contribution >= 0.6 is 7.82 Å². The van der Waals surface area contributed by atoms with E-state index in [0.717, 1.165) is 32.1 Å². The molecule has 0 aliphatic rings. The molecule has 0 aliphatic heterocycles. The number of carbonyl (C=O) groups is 2. The molecular weight excluding hydrogens is 739 g/mol. The Kier molecular flexibility index (Phi) is 40.6. The third-order valence-electron chi connectivity index (χ3n) is 9.92. The number of ether oxygens (including phenoxy) is 2. The molecule has 0 aliphatic carbocycles. The van der Waals surface area contributed by atoms with Crippen molar-refractivity contribution in [2.75, 3.05) is 13.2 Å². The van der Waals surface area contributed by atoms with E-state index in [1.807, 2.05) is 12.2 Å². The molecular formula is C47H85O9P. The zero-order chi connectivity index (χ0) is 41.9. The van der Waals surface area contributed by atoms with Crippen LogP contribution < -0.4 is 0 Å². The number of hydrogen-bond donors (Lipinski definition) is 3. The predicted octanol–water partition coefficient (Wildman–Crippen LogP) is 13.3. The first-order valence-corrected chi connectivity index (χ1v) is 24.6. The van der Waals surface area contributed by atoms with Crippen molar-refractivity contribution in [3.8, 4) is 0 Å². The molecule has 10 heteroatoms. The molecule has 0 amide bonds. The molecule has 332 valence electrons. The van der Waals surface area contributed by atoms with Gasteiger partial charge in [-0.2, -0.15) is 0 Å². The van der Waals surface area contributed by atoms with Gasteiger partial charge in [0.25, 0.3) is 0 Å². The lowest BCUT2D eigenvalue weighted by atomic mass is 10.0. The molecule has 0 saturated heterocycles. The average molecular weight is 825 g/mol. The van der Waals surface area contributed by atoms with Crippen molar-refractivity contribution in [2.45, 2.75) is 225 Å². The number of carbonyl (C=O) groups excluding carboxylic acids is 2. The molecule has 9 nitrogen and oxygen atoms in total. The maximum Gasteiger partial charge on any atom is 0.469 e. The Morgan fingerprint density at radius 3 is 1.51 bits per heavy atom. The molecule has 0 spiro atoms. The molecule has 3 N–H and O–H groups in total. The minimum atomic E-state index is -4.80. The molecule has 57 heavy (non-hydrogen) atoms. The van der Waals surface area contributed by atoms with Crippen LogP contribution in [-0.2, 0) is 28.2 Å². The number of aliphatic hydroxyl groups is 1. The lowest BCUT2D eigenvalue weighted by Crippen LogP contribution is -2.29. The minimum absolute atomic E-state index is 0.0431. The summed E-state index contributed by atoms with van der Waals surface area (Å²) in [7, 11) is -4.80. The zero-order valence-electron chi connectivity index (χ0n) is 36.3. The summed E-state index contributed by atoms with van der Waals surface area (Å²) in [5.41, 5.74) is 0. The standard InChI is InChI=1S/C47H85O9P/c1-3-5-7-9-11-13-15-17-18-19-20-21-22-23-24-26-28-30-32-34-36-40-47(50)56-45(43-55-57(51,52)53)42-54-46(49)41-37-39-44(48)38-35-33-31-29-27-25-16-14-12-10-8-6-4-2/h17-18,25,27,31,33,35,38,44-45,48H,3-16,19-24,26,28-30,32,34,36-37,39-43H2,1-2H3,(H2,51,52,53)/b18-17-,27-25+,33-31+,38-35+/t44?,45-/m1/s1. The zero-order valence-corrected chi connectivity index (χ0v) is 37.2. The van der Waals surface area contributed by atoms with Crippen LogP contribution in [0.3, 0.4) is 0 Å². The van der Waals surface area contributed by atoms with Gasteiger partial charge in [0.15, 0.2) is 6.10 Å². The van der Waals surface area contributed by atoms with Crippen LogP contribution in [0.15, 0.2) is 48.6 Å². The van der Waals surface area contributed by atoms with Crippen molar-refractivity contribution in [3.63, 3.8) is 0 Å². The first-order chi connectivity index (χ1) is 27.7. The Balaban J connectivity index is 4.02. The number of rotatable bonds is 42. The number of esters is 2. The van der Waals surface area contributed by atoms with E-state index in [-0.39, 0.29) is 19.4 Å². The molecule has 2 atom stereocenters. The normalized spacial score (nSPS) is 13.4. The predicted molar refractivity (Wildman–Crippen MR) is 236 cm³/mol. The lowest BCUT2D eigenvalue weighted by molar-refractivity contribution is -0.161. The highest BCUT2D eigenvalue weighted by atomic mass is 31.2. The lowest BCUT2D eigenvalue weighted by Gasteiger charge is -2.18. The molecule has 0 radical (unpaired) electrons. The van der Waals surface area contributed by atoms with Crippen molar-refractivity contribution in [1.29, 1.82) is 0 Å². The Hall–Kier alpha value is -2.03. The van der Waals surface area contributed by atoms with Crippen LogP contribution in [-0.4, -0.2) is 52.3 Å². The molecule has 0 bridgehead atoms. The topological polar surface area (TPSA) is 140 Å². The monoisotopic (exact) mass is 825 g/mol. The Morgan fingerprint density at radius 1 is 0.544 bits per heavy atom. The van der Waals surface area contributed by atoms with Gasteiger partial charge in [0, 0.05) is 12.8 Å². The molecule has 0 heterocycles. The van der Waals surface area contributed by atoms with Gasteiger partial charge < -0.3 is 24.4 Å². The summed E-state index contributed by atoms with van der Waals surface area (Å²) in [5, 5.41) is 10.2. The van der Waals surface area contributed by atoms with Crippen LogP contribution in [0, 0.1) is 0 Å². The number of allylic oxidation sites excluding steroid dienone is 7. The Labute approximate surface area is 348 Å². The van der Waals surface area contributed by atoms with E-state index in [1.54, 1.807) is 12.2 Å². The molecule has 0 rings (SSSR count). The maximum absolute atomic E-state index is 12.4. The van der Waals surface area contributed by atoms with E-state index in [1.165, 1.54) is 135 Å². The van der Waals surface area contributed by atoms with Crippen molar-refractivity contribution < 1.29 is 43.0 Å². The minimum Gasteiger partial charge on any atom is -0.462 e. The molecule has 0 fully saturated rings. The quantitative estimate of drug-likeness (QED) is 0.0180. The third kappa shape index (κ3) is 44.9. The first-order valence-electron chi connectivity index (χ1n) is 23.0. The van der Waals surface area contributed by atoms with E-state index < -0.39 is 38.6 Å². The van der Waals surface area contributed by atoms with Gasteiger partial charge in [-0.3, -0.25) is 14.1 Å². The van der Waals surface area contributed by atoms with Crippen LogP contribution in [0.1, 0.15) is 213 Å². The van der Waals surface area contributed by atoms with Gasteiger partial charge in [-0.1, -0.05) is 184 Å². The molecule has 0 aromatic heterocycles. The first kappa shape index (κ1) is 55.0. The largest absolute Gasteiger partial charge is 0.469 e. The number of phosphoric ester groups is 1. The second-order valence-corrected chi connectivity index (χ2v) is 16.8. The highest BCUT2D eigenvalue weighted by molar-refractivity contribution is 7.46. The van der Waals surface area contributed by atoms with E-state index in [9.17, 15) is 19.3 Å². The number of aliphatic hydroxyl groups excluding tert-OH is 1. The average Bonchev–Trinajstić information content (AvgIpc) is 3.18.